The van der Waals surface area contributed by atoms with Gasteiger partial charge in [-0.3, -0.25) is 5.43 Å². The molecule has 4 unspecified atom stereocenters. The zero-order valence-electron chi connectivity index (χ0n) is 21.3. The van der Waals surface area contributed by atoms with Crippen molar-refractivity contribution in [3.8, 4) is 0 Å². The van der Waals surface area contributed by atoms with Crippen LogP contribution in [0.15, 0.2) is 24.5 Å². The number of aromatic nitrogens is 3. The molecule has 5 heterocycles. The highest BCUT2D eigenvalue weighted by molar-refractivity contribution is 7.91. The van der Waals surface area contributed by atoms with E-state index in [1.165, 1.54) is 5.56 Å². The first kappa shape index (κ1) is 24.2. The first-order chi connectivity index (χ1) is 17.2. The van der Waals surface area contributed by atoms with E-state index in [9.17, 15) is 8.42 Å². The molecular formula is C26H36N6O3S. The normalized spacial score (nSPS) is 31.2. The predicted molar refractivity (Wildman–Crippen MR) is 137 cm³/mol. The summed E-state index contributed by atoms with van der Waals surface area (Å²) >= 11 is 0. The lowest BCUT2D eigenvalue weighted by Crippen LogP contribution is -2.57. The third-order valence-corrected chi connectivity index (χ3v) is 10.6. The maximum Gasteiger partial charge on any atom is 0.151 e. The van der Waals surface area contributed by atoms with Crippen LogP contribution in [0.3, 0.4) is 0 Å². The molecule has 1 spiro atoms. The number of hydrogen-bond donors (Lipinski definition) is 2. The minimum atomic E-state index is -2.86. The van der Waals surface area contributed by atoms with Gasteiger partial charge in [-0.15, -0.1) is 0 Å². The highest BCUT2D eigenvalue weighted by Gasteiger charge is 2.51. The minimum absolute atomic E-state index is 0.0153. The summed E-state index contributed by atoms with van der Waals surface area (Å²) in [6.45, 7) is 7.76. The number of hydrazine groups is 1. The summed E-state index contributed by atoms with van der Waals surface area (Å²) < 4.78 is 30.4. The summed E-state index contributed by atoms with van der Waals surface area (Å²) in [5.74, 6) is 2.02. The molecule has 194 valence electrons. The zero-order valence-corrected chi connectivity index (χ0v) is 22.1. The summed E-state index contributed by atoms with van der Waals surface area (Å²) in [5.41, 5.74) is 11.4. The van der Waals surface area contributed by atoms with Crippen LogP contribution in [-0.2, 0) is 14.6 Å². The van der Waals surface area contributed by atoms with Crippen LogP contribution in [0, 0.1) is 25.2 Å². The monoisotopic (exact) mass is 512 g/mol. The Morgan fingerprint density at radius 2 is 2.00 bits per heavy atom. The van der Waals surface area contributed by atoms with Crippen molar-refractivity contribution in [3.63, 3.8) is 0 Å². The van der Waals surface area contributed by atoms with E-state index >= 15 is 0 Å². The molecule has 0 radical (unpaired) electrons. The van der Waals surface area contributed by atoms with Crippen molar-refractivity contribution >= 4 is 15.7 Å². The molecule has 0 amide bonds. The molecule has 2 aromatic heterocycles. The largest absolute Gasteiger partial charge is 0.370 e. The molecule has 3 aliphatic heterocycles. The van der Waals surface area contributed by atoms with Crippen molar-refractivity contribution in [2.75, 3.05) is 29.5 Å². The topological polar surface area (TPSA) is 109 Å². The van der Waals surface area contributed by atoms with Crippen LogP contribution in [0.4, 0.5) is 5.82 Å². The Kier molecular flexibility index (Phi) is 6.06. The van der Waals surface area contributed by atoms with Crippen LogP contribution in [0.1, 0.15) is 67.1 Å². The Hall–Kier alpha value is -2.14. The van der Waals surface area contributed by atoms with Gasteiger partial charge in [0, 0.05) is 36.3 Å². The van der Waals surface area contributed by atoms with Gasteiger partial charge in [0.25, 0.3) is 0 Å². The van der Waals surface area contributed by atoms with Gasteiger partial charge < -0.3 is 9.64 Å². The van der Waals surface area contributed by atoms with E-state index in [4.69, 9.17) is 9.72 Å². The number of pyridine rings is 1. The van der Waals surface area contributed by atoms with E-state index in [-0.39, 0.29) is 23.7 Å². The van der Waals surface area contributed by atoms with E-state index in [1.807, 2.05) is 19.3 Å². The van der Waals surface area contributed by atoms with Gasteiger partial charge in [-0.2, -0.15) is 10.2 Å². The van der Waals surface area contributed by atoms with E-state index < -0.39 is 9.84 Å². The number of fused-ring (bicyclic) bond motifs is 1. The summed E-state index contributed by atoms with van der Waals surface area (Å²) in [7, 11) is -2.86. The lowest BCUT2D eigenvalue weighted by molar-refractivity contribution is -0.0377. The number of hydrogen-bond acceptors (Lipinski definition) is 9. The van der Waals surface area contributed by atoms with Crippen LogP contribution < -0.4 is 15.8 Å². The molecule has 0 bridgehead atoms. The van der Waals surface area contributed by atoms with Gasteiger partial charge in [0.05, 0.1) is 41.6 Å². The molecule has 5 atom stereocenters. The molecule has 2 N–H and O–H groups in total. The molecule has 6 rings (SSSR count). The molecule has 3 saturated heterocycles. The van der Waals surface area contributed by atoms with Gasteiger partial charge >= 0.3 is 0 Å². The standard InChI is InChI=1S/C26H36N6O3S/c1-16-11-28-29-17(2)24(16)18(3)35-20-5-6-22-21(10-20)25(31-30-22)19-4-7-23(27-12-19)32-13-26(14-32)8-9-36(33,34)15-26/h4,7,11-12,18,20-22,25,30-31H,5-6,8-10,13-15H2,1-3H3/t18-,20?,21?,22?,25?/m0/s1. The average molecular weight is 513 g/mol. The quantitative estimate of drug-likeness (QED) is 0.625. The summed E-state index contributed by atoms with van der Waals surface area (Å²) in [5, 5.41) is 8.28. The molecule has 2 aromatic rings. The maximum atomic E-state index is 11.9. The second-order valence-electron chi connectivity index (χ2n) is 11.4. The van der Waals surface area contributed by atoms with Gasteiger partial charge in [-0.25, -0.2) is 18.8 Å². The van der Waals surface area contributed by atoms with Crippen molar-refractivity contribution in [1.29, 1.82) is 0 Å². The van der Waals surface area contributed by atoms with Crippen molar-refractivity contribution in [2.24, 2.45) is 11.3 Å². The number of anilines is 1. The summed E-state index contributed by atoms with van der Waals surface area (Å²) in [6.07, 6.45) is 7.85. The Bertz CT molecular complexity index is 1210. The molecule has 4 fully saturated rings. The predicted octanol–water partition coefficient (Wildman–Crippen LogP) is 2.58. The Morgan fingerprint density at radius 3 is 2.69 bits per heavy atom. The molecule has 9 nitrogen and oxygen atoms in total. The third-order valence-electron chi connectivity index (χ3n) is 8.76. The molecule has 4 aliphatic rings. The fourth-order valence-corrected chi connectivity index (χ4v) is 9.13. The van der Waals surface area contributed by atoms with Gasteiger partial charge in [-0.1, -0.05) is 6.07 Å². The first-order valence-electron chi connectivity index (χ1n) is 13.1. The van der Waals surface area contributed by atoms with Crippen LogP contribution in [0.25, 0.3) is 0 Å². The average Bonchev–Trinajstić information content (AvgIpc) is 3.38. The van der Waals surface area contributed by atoms with Crippen molar-refractivity contribution < 1.29 is 13.2 Å². The molecule has 1 aliphatic carbocycles. The number of nitrogens with one attached hydrogen (secondary N) is 2. The van der Waals surface area contributed by atoms with E-state index in [0.717, 1.165) is 61.4 Å². The number of rotatable bonds is 5. The SMILES string of the molecule is Cc1cnnc(C)c1[C@H](C)OC1CCC2NNC(c3ccc(N4CC5(CCS(=O)(=O)C5)C4)nc3)C2C1. The molecule has 1 saturated carbocycles. The Labute approximate surface area is 213 Å². The van der Waals surface area contributed by atoms with Gasteiger partial charge in [0.1, 0.15) is 5.82 Å². The van der Waals surface area contributed by atoms with E-state index in [1.54, 1.807) is 0 Å². The van der Waals surface area contributed by atoms with Gasteiger partial charge in [0.15, 0.2) is 9.84 Å². The van der Waals surface area contributed by atoms with Gasteiger partial charge in [-0.05, 0) is 69.6 Å². The lowest BCUT2D eigenvalue weighted by Gasteiger charge is -2.48. The highest BCUT2D eigenvalue weighted by atomic mass is 32.2. The Morgan fingerprint density at radius 1 is 1.17 bits per heavy atom. The molecule has 10 heteroatoms. The first-order valence-corrected chi connectivity index (χ1v) is 14.9. The van der Waals surface area contributed by atoms with Crippen molar-refractivity contribution in [2.45, 2.75) is 70.7 Å². The van der Waals surface area contributed by atoms with Gasteiger partial charge in [0.2, 0.25) is 0 Å². The molecule has 0 aromatic carbocycles. The van der Waals surface area contributed by atoms with Crippen molar-refractivity contribution in [1.82, 2.24) is 26.0 Å². The fraction of sp³-hybridized carbons (Fsp3) is 0.654. The second-order valence-corrected chi connectivity index (χ2v) is 13.6. The van der Waals surface area contributed by atoms with Crippen LogP contribution >= 0.6 is 0 Å². The zero-order chi connectivity index (χ0) is 25.1. The van der Waals surface area contributed by atoms with Crippen LogP contribution in [-0.4, -0.2) is 60.3 Å². The molecule has 36 heavy (non-hydrogen) atoms. The van der Waals surface area contributed by atoms with Crippen LogP contribution in [0.2, 0.25) is 0 Å². The highest BCUT2D eigenvalue weighted by Crippen LogP contribution is 2.43. The smallest absolute Gasteiger partial charge is 0.151 e. The summed E-state index contributed by atoms with van der Waals surface area (Å²) in [4.78, 5) is 6.97. The second kappa shape index (κ2) is 9.01. The Balaban J connectivity index is 1.09. The number of sulfone groups is 1. The van der Waals surface area contributed by atoms with E-state index in [0.29, 0.717) is 23.5 Å². The minimum Gasteiger partial charge on any atom is -0.370 e. The fourth-order valence-electron chi connectivity index (χ4n) is 6.98. The lowest BCUT2D eigenvalue weighted by atomic mass is 9.78. The molecular weight excluding hydrogens is 476 g/mol. The third kappa shape index (κ3) is 4.42. The summed E-state index contributed by atoms with van der Waals surface area (Å²) in [6, 6.07) is 4.87. The number of nitrogens with zero attached hydrogens (tertiary/aromatic N) is 4. The van der Waals surface area contributed by atoms with Crippen LogP contribution in [0.5, 0.6) is 0 Å². The van der Waals surface area contributed by atoms with Crippen molar-refractivity contribution in [3.05, 3.63) is 46.9 Å². The van der Waals surface area contributed by atoms with E-state index in [2.05, 4.69) is 51.9 Å². The number of ether oxygens (including phenoxy) is 1. The number of aryl methyl sites for hydroxylation is 2. The maximum absolute atomic E-state index is 11.9.